The first-order valence-corrected chi connectivity index (χ1v) is 7.07. The zero-order valence-corrected chi connectivity index (χ0v) is 12.6. The molecule has 21 heavy (non-hydrogen) atoms. The summed E-state index contributed by atoms with van der Waals surface area (Å²) in [6.45, 7) is 1.47. The molecule has 5 heteroatoms. The fourth-order valence-corrected chi connectivity index (χ4v) is 3.12. The van der Waals surface area contributed by atoms with E-state index in [1.165, 1.54) is 21.1 Å². The molecule has 0 spiro atoms. The van der Waals surface area contributed by atoms with E-state index < -0.39 is 11.7 Å². The smallest absolute Gasteiger partial charge is 0.235 e. The number of ether oxygens (including phenoxy) is 2. The van der Waals surface area contributed by atoms with Gasteiger partial charge in [-0.2, -0.15) is 4.99 Å². The van der Waals surface area contributed by atoms with Crippen molar-refractivity contribution in [1.29, 1.82) is 0 Å². The van der Waals surface area contributed by atoms with E-state index in [0.29, 0.717) is 22.6 Å². The molecule has 0 bridgehead atoms. The van der Waals surface area contributed by atoms with Crippen LogP contribution in [0.4, 0.5) is 4.39 Å². The molecule has 1 aromatic rings. The van der Waals surface area contributed by atoms with Gasteiger partial charge in [0.05, 0.1) is 19.8 Å². The zero-order valence-electron chi connectivity index (χ0n) is 12.6. The summed E-state index contributed by atoms with van der Waals surface area (Å²) in [7, 11) is 3.05. The second-order valence-corrected chi connectivity index (χ2v) is 5.35. The summed E-state index contributed by atoms with van der Waals surface area (Å²) in [4.78, 5) is 14.9. The summed E-state index contributed by atoms with van der Waals surface area (Å²) in [5.41, 5.74) is 0.515. The van der Waals surface area contributed by atoms with Gasteiger partial charge in [0.15, 0.2) is 11.5 Å². The maximum absolute atomic E-state index is 14.1. The Morgan fingerprint density at radius 1 is 1.24 bits per heavy atom. The van der Waals surface area contributed by atoms with Crippen LogP contribution in [-0.4, -0.2) is 20.3 Å². The van der Waals surface area contributed by atoms with Crippen LogP contribution in [0.15, 0.2) is 17.1 Å². The molecule has 114 valence electrons. The summed E-state index contributed by atoms with van der Waals surface area (Å²) in [6.07, 6.45) is 3.84. The van der Waals surface area contributed by atoms with E-state index in [1.807, 2.05) is 0 Å². The fraction of sp³-hybridized carbons (Fsp3) is 0.562. The molecule has 0 aromatic heterocycles. The Morgan fingerprint density at radius 2 is 1.81 bits per heavy atom. The molecule has 1 aromatic carbocycles. The number of benzene rings is 1. The third-order valence-corrected chi connectivity index (χ3v) is 4.18. The topological polar surface area (TPSA) is 47.9 Å². The van der Waals surface area contributed by atoms with Crippen molar-refractivity contribution in [3.8, 4) is 11.5 Å². The monoisotopic (exact) mass is 293 g/mol. The van der Waals surface area contributed by atoms with Gasteiger partial charge in [-0.3, -0.25) is 0 Å². The third kappa shape index (κ3) is 2.79. The SMILES string of the molecule is COc1cc(C(C)F)c(C2(N=C=O)CCCC2)cc1OC. The Balaban J connectivity index is 2.67. The van der Waals surface area contributed by atoms with E-state index >= 15 is 0 Å². The van der Waals surface area contributed by atoms with Crippen molar-refractivity contribution in [1.82, 2.24) is 0 Å². The van der Waals surface area contributed by atoms with E-state index in [9.17, 15) is 9.18 Å². The lowest BCUT2D eigenvalue weighted by molar-refractivity contribution is 0.337. The van der Waals surface area contributed by atoms with Crippen molar-refractivity contribution in [2.24, 2.45) is 4.99 Å². The molecular formula is C16H20FNO3. The van der Waals surface area contributed by atoms with Gasteiger partial charge in [-0.25, -0.2) is 9.18 Å². The van der Waals surface area contributed by atoms with Gasteiger partial charge in [-0.15, -0.1) is 0 Å². The summed E-state index contributed by atoms with van der Waals surface area (Å²) < 4.78 is 24.6. The Bertz CT molecular complexity index is 559. The van der Waals surface area contributed by atoms with Gasteiger partial charge in [0.2, 0.25) is 6.08 Å². The Morgan fingerprint density at radius 3 is 2.29 bits per heavy atom. The number of aliphatic imine (C=N–C) groups is 1. The van der Waals surface area contributed by atoms with Crippen molar-refractivity contribution in [3.05, 3.63) is 23.3 Å². The first-order valence-electron chi connectivity index (χ1n) is 7.07. The van der Waals surface area contributed by atoms with Gasteiger partial charge >= 0.3 is 0 Å². The highest BCUT2D eigenvalue weighted by atomic mass is 19.1. The van der Waals surface area contributed by atoms with Crippen LogP contribution in [0.3, 0.4) is 0 Å². The molecule has 0 saturated heterocycles. The van der Waals surface area contributed by atoms with E-state index in [4.69, 9.17) is 9.47 Å². The van der Waals surface area contributed by atoms with Gasteiger partial charge < -0.3 is 9.47 Å². The number of halogens is 1. The number of alkyl halides is 1. The van der Waals surface area contributed by atoms with E-state index in [-0.39, 0.29) is 0 Å². The second kappa shape index (κ2) is 6.27. The molecule has 1 saturated carbocycles. The molecule has 1 fully saturated rings. The van der Waals surface area contributed by atoms with Crippen molar-refractivity contribution in [3.63, 3.8) is 0 Å². The van der Waals surface area contributed by atoms with Crippen LogP contribution >= 0.6 is 0 Å². The molecule has 0 N–H and O–H groups in total. The number of hydrogen-bond donors (Lipinski definition) is 0. The first kappa shape index (κ1) is 15.5. The Hall–Kier alpha value is -1.87. The predicted octanol–water partition coefficient (Wildman–Crippen LogP) is 3.84. The lowest BCUT2D eigenvalue weighted by Crippen LogP contribution is -2.21. The van der Waals surface area contributed by atoms with Gasteiger partial charge in [-0.1, -0.05) is 12.8 Å². The van der Waals surface area contributed by atoms with Crippen LogP contribution in [0.1, 0.15) is 49.9 Å². The Kier molecular flexibility index (Phi) is 4.63. The molecule has 1 atom stereocenters. The number of carbonyl (C=O) groups excluding carboxylic acids is 1. The minimum absolute atomic E-state index is 0.476. The van der Waals surface area contributed by atoms with E-state index in [2.05, 4.69) is 4.99 Å². The number of hydrogen-bond acceptors (Lipinski definition) is 4. The molecule has 1 unspecified atom stereocenters. The number of isocyanates is 1. The van der Waals surface area contributed by atoms with Gasteiger partial charge in [-0.05, 0) is 43.0 Å². The van der Waals surface area contributed by atoms with Gasteiger partial charge in [0.1, 0.15) is 6.17 Å². The lowest BCUT2D eigenvalue weighted by Gasteiger charge is -2.27. The third-order valence-electron chi connectivity index (χ3n) is 4.18. The molecule has 0 heterocycles. The molecular weight excluding hydrogens is 273 g/mol. The largest absolute Gasteiger partial charge is 0.493 e. The fourth-order valence-electron chi connectivity index (χ4n) is 3.12. The van der Waals surface area contributed by atoms with Gasteiger partial charge in [0, 0.05) is 0 Å². The van der Waals surface area contributed by atoms with Crippen molar-refractivity contribution < 1.29 is 18.7 Å². The molecule has 0 aliphatic heterocycles. The summed E-state index contributed by atoms with van der Waals surface area (Å²) in [5, 5.41) is 0. The molecule has 1 aliphatic carbocycles. The summed E-state index contributed by atoms with van der Waals surface area (Å²) in [5.74, 6) is 0.994. The second-order valence-electron chi connectivity index (χ2n) is 5.35. The maximum Gasteiger partial charge on any atom is 0.235 e. The minimum Gasteiger partial charge on any atom is -0.493 e. The maximum atomic E-state index is 14.1. The molecule has 2 rings (SSSR count). The van der Waals surface area contributed by atoms with E-state index in [1.54, 1.807) is 18.2 Å². The molecule has 1 aliphatic rings. The lowest BCUT2D eigenvalue weighted by atomic mass is 9.84. The highest BCUT2D eigenvalue weighted by molar-refractivity contribution is 5.52. The van der Waals surface area contributed by atoms with Crippen LogP contribution in [0, 0.1) is 0 Å². The summed E-state index contributed by atoms with van der Waals surface area (Å²) >= 11 is 0. The van der Waals surface area contributed by atoms with Gasteiger partial charge in [0.25, 0.3) is 0 Å². The summed E-state index contributed by atoms with van der Waals surface area (Å²) in [6, 6.07) is 3.38. The zero-order chi connectivity index (χ0) is 15.5. The normalized spacial score (nSPS) is 17.9. The van der Waals surface area contributed by atoms with Crippen LogP contribution in [0.5, 0.6) is 11.5 Å². The quantitative estimate of drug-likeness (QED) is 0.612. The number of nitrogens with zero attached hydrogens (tertiary/aromatic N) is 1. The first-order chi connectivity index (χ1) is 10.1. The number of rotatable bonds is 5. The van der Waals surface area contributed by atoms with Crippen LogP contribution in [-0.2, 0) is 10.3 Å². The Labute approximate surface area is 124 Å². The van der Waals surface area contributed by atoms with Crippen molar-refractivity contribution >= 4 is 6.08 Å². The number of methoxy groups -OCH3 is 2. The molecule has 0 amide bonds. The average molecular weight is 293 g/mol. The predicted molar refractivity (Wildman–Crippen MR) is 77.3 cm³/mol. The average Bonchev–Trinajstić information content (AvgIpc) is 2.95. The standard InChI is InChI=1S/C16H20FNO3/c1-11(17)12-8-14(20-2)15(21-3)9-13(12)16(18-10-19)6-4-5-7-16/h8-9,11H,4-7H2,1-3H3. The highest BCUT2D eigenvalue weighted by Gasteiger charge is 2.39. The van der Waals surface area contributed by atoms with E-state index in [0.717, 1.165) is 25.7 Å². The van der Waals surface area contributed by atoms with Crippen LogP contribution in [0.2, 0.25) is 0 Å². The molecule has 0 radical (unpaired) electrons. The minimum atomic E-state index is -1.18. The highest BCUT2D eigenvalue weighted by Crippen LogP contribution is 2.47. The van der Waals surface area contributed by atoms with Crippen LogP contribution < -0.4 is 9.47 Å². The van der Waals surface area contributed by atoms with Crippen LogP contribution in [0.25, 0.3) is 0 Å². The molecule has 4 nitrogen and oxygen atoms in total. The van der Waals surface area contributed by atoms with Crippen molar-refractivity contribution in [2.75, 3.05) is 14.2 Å². The van der Waals surface area contributed by atoms with Crippen molar-refractivity contribution in [2.45, 2.75) is 44.3 Å².